The molecule has 2 aromatic rings. The van der Waals surface area contributed by atoms with Gasteiger partial charge in [0.1, 0.15) is 5.82 Å². The van der Waals surface area contributed by atoms with E-state index in [1.165, 1.54) is 11.0 Å². The average Bonchev–Trinajstić information content (AvgIpc) is 2.44. The van der Waals surface area contributed by atoms with Gasteiger partial charge in [0.25, 0.3) is 5.91 Å². The number of halogens is 3. The minimum atomic E-state index is -0.417. The van der Waals surface area contributed by atoms with E-state index in [4.69, 9.17) is 11.6 Å². The normalized spacial score (nSPS) is 10.4. The zero-order valence-corrected chi connectivity index (χ0v) is 13.7. The number of amides is 1. The van der Waals surface area contributed by atoms with Gasteiger partial charge in [-0.2, -0.15) is 0 Å². The monoisotopic (exact) mass is 403 g/mol. The first kappa shape index (κ1) is 15.3. The van der Waals surface area contributed by atoms with Gasteiger partial charge in [0.05, 0.1) is 10.7 Å². The fourth-order valence-electron chi connectivity index (χ4n) is 1.88. The molecule has 0 heterocycles. The Morgan fingerprint density at radius 2 is 2.00 bits per heavy atom. The van der Waals surface area contributed by atoms with E-state index in [-0.39, 0.29) is 11.6 Å². The molecule has 0 fully saturated rings. The number of hydrogen-bond acceptors (Lipinski definition) is 1. The second kappa shape index (κ2) is 6.54. The van der Waals surface area contributed by atoms with Crippen LogP contribution in [0.25, 0.3) is 0 Å². The molecule has 104 valence electrons. The first-order valence-corrected chi connectivity index (χ1v) is 7.51. The van der Waals surface area contributed by atoms with E-state index in [2.05, 4.69) is 22.6 Å². The van der Waals surface area contributed by atoms with E-state index in [1.807, 2.05) is 0 Å². The van der Waals surface area contributed by atoms with E-state index < -0.39 is 5.82 Å². The van der Waals surface area contributed by atoms with Gasteiger partial charge in [0.2, 0.25) is 0 Å². The highest BCUT2D eigenvalue weighted by Crippen LogP contribution is 2.24. The van der Waals surface area contributed by atoms with Crippen molar-refractivity contribution in [2.45, 2.75) is 6.92 Å². The molecule has 0 spiro atoms. The number of carbonyl (C=O) groups is 1. The van der Waals surface area contributed by atoms with Gasteiger partial charge in [-0.15, -0.1) is 0 Å². The molecule has 5 heteroatoms. The molecule has 1 amide bonds. The SMILES string of the molecule is CCN(C(=O)c1ccc(I)c(Cl)c1)c1ccccc1F. The van der Waals surface area contributed by atoms with Crippen molar-refractivity contribution in [1.29, 1.82) is 0 Å². The van der Waals surface area contributed by atoms with Gasteiger partial charge in [-0.05, 0) is 59.8 Å². The summed E-state index contributed by atoms with van der Waals surface area (Å²) in [4.78, 5) is 13.9. The van der Waals surface area contributed by atoms with Crippen LogP contribution < -0.4 is 4.90 Å². The Balaban J connectivity index is 2.39. The first-order valence-electron chi connectivity index (χ1n) is 6.06. The van der Waals surface area contributed by atoms with Crippen molar-refractivity contribution in [2.75, 3.05) is 11.4 Å². The van der Waals surface area contributed by atoms with Crippen LogP contribution in [-0.2, 0) is 0 Å². The van der Waals surface area contributed by atoms with Crippen molar-refractivity contribution in [2.24, 2.45) is 0 Å². The highest BCUT2D eigenvalue weighted by Gasteiger charge is 2.19. The van der Waals surface area contributed by atoms with E-state index >= 15 is 0 Å². The third kappa shape index (κ3) is 3.12. The zero-order valence-electron chi connectivity index (χ0n) is 10.7. The summed E-state index contributed by atoms with van der Waals surface area (Å²) in [5.74, 6) is -0.685. The van der Waals surface area contributed by atoms with Gasteiger partial charge in [0.15, 0.2) is 0 Å². The van der Waals surface area contributed by atoms with Crippen LogP contribution >= 0.6 is 34.2 Å². The van der Waals surface area contributed by atoms with Gasteiger partial charge >= 0.3 is 0 Å². The van der Waals surface area contributed by atoms with E-state index in [0.717, 1.165) is 3.57 Å². The number of nitrogens with zero attached hydrogens (tertiary/aromatic N) is 1. The van der Waals surface area contributed by atoms with Gasteiger partial charge in [-0.25, -0.2) is 4.39 Å². The molecule has 0 atom stereocenters. The van der Waals surface area contributed by atoms with Crippen molar-refractivity contribution >= 4 is 45.8 Å². The summed E-state index contributed by atoms with van der Waals surface area (Å²) < 4.78 is 14.7. The molecule has 0 unspecified atom stereocenters. The second-order valence-electron chi connectivity index (χ2n) is 4.13. The lowest BCUT2D eigenvalue weighted by Crippen LogP contribution is -2.31. The first-order chi connectivity index (χ1) is 9.54. The zero-order chi connectivity index (χ0) is 14.7. The molecule has 0 bridgehead atoms. The summed E-state index contributed by atoms with van der Waals surface area (Å²) in [5.41, 5.74) is 0.718. The van der Waals surface area contributed by atoms with Gasteiger partial charge in [-0.3, -0.25) is 4.79 Å². The molecule has 20 heavy (non-hydrogen) atoms. The predicted molar refractivity (Wildman–Crippen MR) is 87.9 cm³/mol. The van der Waals surface area contributed by atoms with E-state index in [1.54, 1.807) is 43.3 Å². The van der Waals surface area contributed by atoms with Gasteiger partial charge in [-0.1, -0.05) is 23.7 Å². The average molecular weight is 404 g/mol. The summed E-state index contributed by atoms with van der Waals surface area (Å²) in [7, 11) is 0. The van der Waals surface area contributed by atoms with Crippen LogP contribution in [-0.4, -0.2) is 12.5 Å². The summed E-state index contributed by atoms with van der Waals surface area (Å²) >= 11 is 8.12. The molecule has 0 saturated carbocycles. The van der Waals surface area contributed by atoms with Gasteiger partial charge < -0.3 is 4.90 Å². The van der Waals surface area contributed by atoms with Gasteiger partial charge in [0, 0.05) is 15.7 Å². The predicted octanol–water partition coefficient (Wildman–Crippen LogP) is 4.75. The molecule has 0 aliphatic carbocycles. The maximum absolute atomic E-state index is 13.8. The number of anilines is 1. The number of hydrogen-bond donors (Lipinski definition) is 0. The quantitative estimate of drug-likeness (QED) is 0.677. The molecule has 0 saturated heterocycles. The van der Waals surface area contributed by atoms with Crippen molar-refractivity contribution in [1.82, 2.24) is 0 Å². The summed E-state index contributed by atoms with van der Waals surface area (Å²) in [6.45, 7) is 2.18. The van der Waals surface area contributed by atoms with Crippen LogP contribution in [0, 0.1) is 9.39 Å². The fraction of sp³-hybridized carbons (Fsp3) is 0.133. The van der Waals surface area contributed by atoms with Crippen LogP contribution in [0.15, 0.2) is 42.5 Å². The summed E-state index contributed by atoms with van der Waals surface area (Å²) in [5, 5.41) is 0.515. The van der Waals surface area contributed by atoms with Crippen molar-refractivity contribution in [3.05, 3.63) is 62.4 Å². The smallest absolute Gasteiger partial charge is 0.258 e. The standard InChI is InChI=1S/C15H12ClFINO/c1-2-19(14-6-4-3-5-12(14)17)15(20)10-7-8-13(18)11(16)9-10/h3-9H,2H2,1H3. The van der Waals surface area contributed by atoms with Crippen LogP contribution in [0.4, 0.5) is 10.1 Å². The van der Waals surface area contributed by atoms with Crippen LogP contribution in [0.2, 0.25) is 5.02 Å². The Bertz CT molecular complexity index is 648. The fourth-order valence-corrected chi connectivity index (χ4v) is 2.40. The molecule has 0 aliphatic heterocycles. The Labute approximate surface area is 135 Å². The molecule has 0 radical (unpaired) electrons. The maximum atomic E-state index is 13.8. The molecule has 2 rings (SSSR count). The molecular formula is C15H12ClFINO. The minimum absolute atomic E-state index is 0.268. The van der Waals surface area contributed by atoms with E-state index in [0.29, 0.717) is 17.1 Å². The third-order valence-electron chi connectivity index (χ3n) is 2.87. The maximum Gasteiger partial charge on any atom is 0.258 e. The lowest BCUT2D eigenvalue weighted by atomic mass is 10.1. The number of rotatable bonds is 3. The molecule has 0 N–H and O–H groups in total. The lowest BCUT2D eigenvalue weighted by molar-refractivity contribution is 0.0987. The lowest BCUT2D eigenvalue weighted by Gasteiger charge is -2.21. The molecule has 2 aromatic carbocycles. The summed E-state index contributed by atoms with van der Waals surface area (Å²) in [6, 6.07) is 11.3. The van der Waals surface area contributed by atoms with Crippen LogP contribution in [0.1, 0.15) is 17.3 Å². The second-order valence-corrected chi connectivity index (χ2v) is 5.70. The number of benzene rings is 2. The van der Waals surface area contributed by atoms with E-state index in [9.17, 15) is 9.18 Å². The molecule has 0 aromatic heterocycles. The van der Waals surface area contributed by atoms with Crippen molar-refractivity contribution < 1.29 is 9.18 Å². The molecule has 0 aliphatic rings. The highest BCUT2D eigenvalue weighted by atomic mass is 127. The van der Waals surface area contributed by atoms with Crippen LogP contribution in [0.3, 0.4) is 0 Å². The molecule has 2 nitrogen and oxygen atoms in total. The van der Waals surface area contributed by atoms with Crippen LogP contribution in [0.5, 0.6) is 0 Å². The largest absolute Gasteiger partial charge is 0.306 e. The Morgan fingerprint density at radius 3 is 2.60 bits per heavy atom. The number of para-hydroxylation sites is 1. The van der Waals surface area contributed by atoms with Crippen molar-refractivity contribution in [3.8, 4) is 0 Å². The Morgan fingerprint density at radius 1 is 1.30 bits per heavy atom. The topological polar surface area (TPSA) is 20.3 Å². The Hall–Kier alpha value is -1.14. The minimum Gasteiger partial charge on any atom is -0.306 e. The molecular weight excluding hydrogens is 392 g/mol. The third-order valence-corrected chi connectivity index (χ3v) is 4.44. The number of carbonyl (C=O) groups excluding carboxylic acids is 1. The van der Waals surface area contributed by atoms with Crippen molar-refractivity contribution in [3.63, 3.8) is 0 Å². The summed E-state index contributed by atoms with van der Waals surface area (Å²) in [6.07, 6.45) is 0. The highest BCUT2D eigenvalue weighted by molar-refractivity contribution is 14.1. The Kier molecular flexibility index (Phi) is 4.99.